The van der Waals surface area contributed by atoms with E-state index in [0.717, 1.165) is 42.2 Å². The van der Waals surface area contributed by atoms with Crippen molar-refractivity contribution in [3.8, 4) is 0 Å². The lowest BCUT2D eigenvalue weighted by atomic mass is 10.1. The molecule has 0 bridgehead atoms. The van der Waals surface area contributed by atoms with Gasteiger partial charge in [0.1, 0.15) is 16.2 Å². The van der Waals surface area contributed by atoms with E-state index in [1.54, 1.807) is 13.2 Å². The molecule has 0 radical (unpaired) electrons. The number of hydrogen-bond acceptors (Lipinski definition) is 9. The minimum atomic E-state index is -0.403. The van der Waals surface area contributed by atoms with E-state index in [1.165, 1.54) is 11.3 Å². The van der Waals surface area contributed by atoms with Crippen molar-refractivity contribution in [1.82, 2.24) is 19.6 Å². The molecule has 190 valence electrons. The number of nitrogens with zero attached hydrogens (tertiary/aromatic N) is 4. The molecule has 4 aromatic rings. The van der Waals surface area contributed by atoms with Crippen LogP contribution in [0.2, 0.25) is 0 Å². The van der Waals surface area contributed by atoms with Gasteiger partial charge >= 0.3 is 0 Å². The van der Waals surface area contributed by atoms with E-state index >= 15 is 0 Å². The topological polar surface area (TPSA) is 114 Å². The van der Waals surface area contributed by atoms with Crippen molar-refractivity contribution < 1.29 is 14.3 Å². The number of para-hydroxylation sites is 1. The van der Waals surface area contributed by atoms with Crippen molar-refractivity contribution in [2.75, 3.05) is 71.2 Å². The summed E-state index contributed by atoms with van der Waals surface area (Å²) in [5, 5.41) is 3.23. The number of methoxy groups -OCH3 is 1. The molecule has 10 nitrogen and oxygen atoms in total. The summed E-state index contributed by atoms with van der Waals surface area (Å²) in [6.45, 7) is 5.63. The summed E-state index contributed by atoms with van der Waals surface area (Å²) >= 11 is 1.42. The Bertz CT molecular complexity index is 1440. The van der Waals surface area contributed by atoms with Gasteiger partial charge in [0.05, 0.1) is 35.5 Å². The number of carbonyl (C=O) groups excluding carboxylic acids is 1. The number of nitrogens with two attached hydrogens (primary N) is 1. The number of amides is 1. The van der Waals surface area contributed by atoms with E-state index in [-0.39, 0.29) is 11.0 Å². The molecule has 5 rings (SSSR count). The van der Waals surface area contributed by atoms with E-state index in [0.29, 0.717) is 48.9 Å². The van der Waals surface area contributed by atoms with Crippen LogP contribution in [0, 0.1) is 0 Å². The highest BCUT2D eigenvalue weighted by molar-refractivity contribution is 7.24. The molecule has 36 heavy (non-hydrogen) atoms. The van der Waals surface area contributed by atoms with Crippen molar-refractivity contribution >= 4 is 49.1 Å². The molecular weight excluding hydrogens is 480 g/mol. The zero-order chi connectivity index (χ0) is 25.1. The number of aromatic nitrogens is 2. The number of anilines is 1. The Labute approximate surface area is 212 Å². The van der Waals surface area contributed by atoms with Gasteiger partial charge in [-0.05, 0) is 24.3 Å². The molecule has 0 saturated carbocycles. The van der Waals surface area contributed by atoms with Crippen LogP contribution in [0.4, 0.5) is 5.82 Å². The Morgan fingerprint density at radius 1 is 1.14 bits per heavy atom. The Kier molecular flexibility index (Phi) is 7.44. The largest absolute Gasteiger partial charge is 0.383 e. The summed E-state index contributed by atoms with van der Waals surface area (Å²) in [5.74, 6) is 0.408. The highest BCUT2D eigenvalue weighted by atomic mass is 32.1. The van der Waals surface area contributed by atoms with Gasteiger partial charge in [-0.2, -0.15) is 0 Å². The molecule has 11 heteroatoms. The van der Waals surface area contributed by atoms with Crippen LogP contribution >= 0.6 is 11.3 Å². The van der Waals surface area contributed by atoms with Gasteiger partial charge in [-0.3, -0.25) is 18.9 Å². The summed E-state index contributed by atoms with van der Waals surface area (Å²) in [7, 11) is 1.57. The number of thiazole rings is 1. The van der Waals surface area contributed by atoms with Gasteiger partial charge in [0.15, 0.2) is 5.65 Å². The predicted octanol–water partition coefficient (Wildman–Crippen LogP) is 1.49. The Morgan fingerprint density at radius 2 is 1.94 bits per heavy atom. The molecule has 0 unspecified atom stereocenters. The van der Waals surface area contributed by atoms with Crippen molar-refractivity contribution in [1.29, 1.82) is 0 Å². The average molecular weight is 511 g/mol. The summed E-state index contributed by atoms with van der Waals surface area (Å²) < 4.78 is 13.5. The Morgan fingerprint density at radius 3 is 2.72 bits per heavy atom. The number of nitrogens with one attached hydrogen (secondary N) is 1. The van der Waals surface area contributed by atoms with Crippen LogP contribution in [-0.4, -0.2) is 86.5 Å². The van der Waals surface area contributed by atoms with E-state index in [4.69, 9.17) is 20.2 Å². The molecule has 3 N–H and O–H groups in total. The maximum absolute atomic E-state index is 13.6. The van der Waals surface area contributed by atoms with E-state index in [9.17, 15) is 9.59 Å². The standard InChI is InChI=1S/C25H30N6O4S/c1-34-15-9-27-24(33)21-22(32)17-6-7-20(30-12-10-29(11-13-30)16-35-14-8-26)28-23(17)31-18-4-2-3-5-19(18)36-25(21)31/h2-7H,8-16,26H2,1H3,(H,27,33). The minimum Gasteiger partial charge on any atom is -0.383 e. The maximum Gasteiger partial charge on any atom is 0.258 e. The van der Waals surface area contributed by atoms with Crippen LogP contribution in [0.25, 0.3) is 26.1 Å². The average Bonchev–Trinajstić information content (AvgIpc) is 3.28. The lowest BCUT2D eigenvalue weighted by Crippen LogP contribution is -2.47. The van der Waals surface area contributed by atoms with Gasteiger partial charge in [0.2, 0.25) is 5.43 Å². The SMILES string of the molecule is COCCNC(=O)c1c(=O)c2ccc(N3CCN(COCCN)CC3)nc2n2c1sc1ccccc12. The van der Waals surface area contributed by atoms with Crippen molar-refractivity contribution in [2.45, 2.75) is 0 Å². The minimum absolute atomic E-state index is 0.139. The molecule has 1 aromatic carbocycles. The Balaban J connectivity index is 1.55. The number of piperazine rings is 1. The second kappa shape index (κ2) is 10.9. The van der Waals surface area contributed by atoms with Crippen LogP contribution in [0.5, 0.6) is 0 Å². The van der Waals surface area contributed by atoms with Crippen LogP contribution < -0.4 is 21.4 Å². The van der Waals surface area contributed by atoms with Gasteiger partial charge < -0.3 is 25.4 Å². The molecule has 4 heterocycles. The first-order valence-electron chi connectivity index (χ1n) is 12.0. The lowest BCUT2D eigenvalue weighted by molar-refractivity contribution is 0.0297. The van der Waals surface area contributed by atoms with E-state index in [2.05, 4.69) is 15.1 Å². The quantitative estimate of drug-likeness (QED) is 0.326. The zero-order valence-electron chi connectivity index (χ0n) is 20.2. The highest BCUT2D eigenvalue weighted by Crippen LogP contribution is 2.31. The molecule has 3 aromatic heterocycles. The number of ether oxygens (including phenoxy) is 2. The molecular formula is C25H30N6O4S. The summed E-state index contributed by atoms with van der Waals surface area (Å²) in [6.07, 6.45) is 0. The highest BCUT2D eigenvalue weighted by Gasteiger charge is 2.24. The first kappa shape index (κ1) is 24.6. The molecule has 0 spiro atoms. The molecule has 1 amide bonds. The summed E-state index contributed by atoms with van der Waals surface area (Å²) in [4.78, 5) is 36.7. The zero-order valence-corrected chi connectivity index (χ0v) is 21.1. The van der Waals surface area contributed by atoms with Crippen molar-refractivity contribution in [3.05, 3.63) is 52.2 Å². The van der Waals surface area contributed by atoms with Crippen LogP contribution in [0.3, 0.4) is 0 Å². The van der Waals surface area contributed by atoms with Gasteiger partial charge in [-0.1, -0.05) is 12.1 Å². The molecule has 0 atom stereocenters. The van der Waals surface area contributed by atoms with Gasteiger partial charge in [0, 0.05) is 46.4 Å². The third-order valence-corrected chi connectivity index (χ3v) is 7.47. The fraction of sp³-hybridized carbons (Fsp3) is 0.400. The third kappa shape index (κ3) is 4.67. The smallest absolute Gasteiger partial charge is 0.258 e. The first-order chi connectivity index (χ1) is 17.6. The van der Waals surface area contributed by atoms with Crippen LogP contribution in [0.15, 0.2) is 41.2 Å². The second-order valence-corrected chi connectivity index (χ2v) is 9.67. The number of benzene rings is 1. The van der Waals surface area contributed by atoms with Crippen molar-refractivity contribution in [2.24, 2.45) is 5.73 Å². The summed E-state index contributed by atoms with van der Waals surface area (Å²) in [5.41, 5.74) is 6.81. The number of carbonyl (C=O) groups is 1. The fourth-order valence-corrected chi connectivity index (χ4v) is 5.68. The van der Waals surface area contributed by atoms with Gasteiger partial charge in [0.25, 0.3) is 5.91 Å². The first-order valence-corrected chi connectivity index (χ1v) is 12.8. The van der Waals surface area contributed by atoms with Crippen LogP contribution in [0.1, 0.15) is 10.4 Å². The maximum atomic E-state index is 13.6. The van der Waals surface area contributed by atoms with Crippen molar-refractivity contribution in [3.63, 3.8) is 0 Å². The normalized spacial score (nSPS) is 14.8. The Hall–Kier alpha value is -3.09. The van der Waals surface area contributed by atoms with Gasteiger partial charge in [-0.25, -0.2) is 4.98 Å². The number of pyridine rings is 2. The van der Waals surface area contributed by atoms with Crippen LogP contribution in [-0.2, 0) is 9.47 Å². The molecule has 1 aliphatic rings. The number of rotatable bonds is 9. The monoisotopic (exact) mass is 510 g/mol. The van der Waals surface area contributed by atoms with Gasteiger partial charge in [-0.15, -0.1) is 11.3 Å². The molecule has 1 fully saturated rings. The number of hydrogen-bond donors (Lipinski definition) is 2. The lowest BCUT2D eigenvalue weighted by Gasteiger charge is -2.35. The third-order valence-electron chi connectivity index (χ3n) is 6.32. The fourth-order valence-electron chi connectivity index (χ4n) is 4.49. The molecule has 1 saturated heterocycles. The van der Waals surface area contributed by atoms with E-state index < -0.39 is 5.91 Å². The number of fused-ring (bicyclic) bond motifs is 5. The predicted molar refractivity (Wildman–Crippen MR) is 142 cm³/mol. The second-order valence-electron chi connectivity index (χ2n) is 8.63. The molecule has 0 aliphatic carbocycles. The molecule has 1 aliphatic heterocycles. The summed E-state index contributed by atoms with van der Waals surface area (Å²) in [6, 6.07) is 11.5. The van der Waals surface area contributed by atoms with E-state index in [1.807, 2.05) is 34.7 Å².